The summed E-state index contributed by atoms with van der Waals surface area (Å²) in [5, 5.41) is 8.07. The van der Waals surface area contributed by atoms with Crippen LogP contribution in [0.2, 0.25) is 0 Å². The van der Waals surface area contributed by atoms with Gasteiger partial charge in [0.2, 0.25) is 0 Å². The van der Waals surface area contributed by atoms with E-state index in [9.17, 15) is 0 Å². The summed E-state index contributed by atoms with van der Waals surface area (Å²) in [4.78, 5) is 0. The molecule has 1 aromatic rings. The molecular weight excluding hydrogens is 190 g/mol. The summed E-state index contributed by atoms with van der Waals surface area (Å²) in [7, 11) is 0. The molecule has 1 saturated carbocycles. The summed E-state index contributed by atoms with van der Waals surface area (Å²) in [5.74, 6) is 0. The van der Waals surface area contributed by atoms with Gasteiger partial charge in [0.1, 0.15) is 0 Å². The van der Waals surface area contributed by atoms with Crippen LogP contribution in [0.1, 0.15) is 44.1 Å². The van der Waals surface area contributed by atoms with E-state index in [2.05, 4.69) is 22.1 Å². The third-order valence-electron chi connectivity index (χ3n) is 3.03. The van der Waals surface area contributed by atoms with E-state index in [0.717, 1.165) is 12.6 Å². The molecule has 14 heavy (non-hydrogen) atoms. The van der Waals surface area contributed by atoms with Crippen molar-refractivity contribution < 1.29 is 0 Å². The van der Waals surface area contributed by atoms with Crippen molar-refractivity contribution in [2.75, 3.05) is 0 Å². The average molecular weight is 209 g/mol. The highest BCUT2D eigenvalue weighted by Crippen LogP contribution is 2.17. The maximum absolute atomic E-state index is 3.67. The van der Waals surface area contributed by atoms with E-state index in [0.29, 0.717) is 0 Å². The smallest absolute Gasteiger partial charge is 0.0216 e. The molecule has 1 aromatic heterocycles. The quantitative estimate of drug-likeness (QED) is 0.751. The number of hydrogen-bond acceptors (Lipinski definition) is 2. The Kier molecular flexibility index (Phi) is 4.02. The molecule has 0 unspecified atom stereocenters. The largest absolute Gasteiger partial charge is 0.310 e. The molecule has 0 bridgehead atoms. The summed E-state index contributed by atoms with van der Waals surface area (Å²) < 4.78 is 0. The van der Waals surface area contributed by atoms with Crippen LogP contribution < -0.4 is 5.32 Å². The molecule has 0 atom stereocenters. The minimum absolute atomic E-state index is 0.775. The van der Waals surface area contributed by atoms with E-state index in [4.69, 9.17) is 0 Å². The predicted molar refractivity (Wildman–Crippen MR) is 62.6 cm³/mol. The van der Waals surface area contributed by atoms with Crippen LogP contribution in [0.25, 0.3) is 0 Å². The van der Waals surface area contributed by atoms with Crippen LogP contribution in [-0.4, -0.2) is 6.04 Å². The highest BCUT2D eigenvalue weighted by atomic mass is 32.1. The van der Waals surface area contributed by atoms with E-state index >= 15 is 0 Å². The third-order valence-corrected chi connectivity index (χ3v) is 3.76. The highest BCUT2D eigenvalue weighted by molar-refractivity contribution is 7.07. The zero-order valence-electron chi connectivity index (χ0n) is 8.67. The van der Waals surface area contributed by atoms with Crippen molar-refractivity contribution >= 4 is 11.3 Å². The molecule has 2 rings (SSSR count). The standard InChI is InChI=1S/C12H19NS/c1-2-4-6-12(5-3-1)13-9-11-7-8-14-10-11/h7-8,10,12-13H,1-6,9H2. The number of thiophene rings is 1. The highest BCUT2D eigenvalue weighted by Gasteiger charge is 2.10. The second kappa shape index (κ2) is 5.52. The Hall–Kier alpha value is -0.340. The van der Waals surface area contributed by atoms with E-state index in [1.807, 2.05) is 0 Å². The molecule has 1 aliphatic carbocycles. The Bertz CT molecular complexity index is 235. The first-order valence-corrected chi connectivity index (χ1v) is 6.64. The third kappa shape index (κ3) is 3.10. The number of nitrogens with one attached hydrogen (secondary N) is 1. The van der Waals surface area contributed by atoms with Crippen molar-refractivity contribution in [2.24, 2.45) is 0 Å². The Balaban J connectivity index is 1.73. The van der Waals surface area contributed by atoms with Gasteiger partial charge in [-0.3, -0.25) is 0 Å². The maximum atomic E-state index is 3.67. The lowest BCUT2D eigenvalue weighted by Gasteiger charge is -2.15. The van der Waals surface area contributed by atoms with Crippen molar-refractivity contribution in [1.82, 2.24) is 5.32 Å². The minimum atomic E-state index is 0.775. The van der Waals surface area contributed by atoms with Crippen LogP contribution in [0.3, 0.4) is 0 Å². The van der Waals surface area contributed by atoms with Crippen LogP contribution in [0.15, 0.2) is 16.8 Å². The average Bonchev–Trinajstić information content (AvgIpc) is 2.58. The number of rotatable bonds is 3. The summed E-state index contributed by atoms with van der Waals surface area (Å²) >= 11 is 1.79. The lowest BCUT2D eigenvalue weighted by molar-refractivity contribution is 0.459. The van der Waals surface area contributed by atoms with E-state index < -0.39 is 0 Å². The van der Waals surface area contributed by atoms with Gasteiger partial charge in [0, 0.05) is 12.6 Å². The van der Waals surface area contributed by atoms with Crippen molar-refractivity contribution in [3.05, 3.63) is 22.4 Å². The van der Waals surface area contributed by atoms with Crippen LogP contribution in [0, 0.1) is 0 Å². The van der Waals surface area contributed by atoms with Gasteiger partial charge in [-0.15, -0.1) is 0 Å². The molecule has 1 nitrogen and oxygen atoms in total. The first-order chi connectivity index (χ1) is 6.95. The molecule has 0 aliphatic heterocycles. The molecule has 0 radical (unpaired) electrons. The van der Waals surface area contributed by atoms with Gasteiger partial charge in [0.25, 0.3) is 0 Å². The van der Waals surface area contributed by atoms with Crippen LogP contribution in [0.5, 0.6) is 0 Å². The van der Waals surface area contributed by atoms with E-state index in [-0.39, 0.29) is 0 Å². The van der Waals surface area contributed by atoms with Gasteiger partial charge in [0.15, 0.2) is 0 Å². The second-order valence-corrected chi connectivity index (χ2v) is 4.98. The Morgan fingerprint density at radius 1 is 1.21 bits per heavy atom. The normalized spacial score (nSPS) is 19.4. The zero-order valence-corrected chi connectivity index (χ0v) is 9.48. The second-order valence-electron chi connectivity index (χ2n) is 4.20. The fourth-order valence-electron chi connectivity index (χ4n) is 2.14. The van der Waals surface area contributed by atoms with Gasteiger partial charge >= 0.3 is 0 Å². The molecule has 1 N–H and O–H groups in total. The molecule has 0 amide bonds. The Morgan fingerprint density at radius 3 is 2.64 bits per heavy atom. The topological polar surface area (TPSA) is 12.0 Å². The van der Waals surface area contributed by atoms with Crippen molar-refractivity contribution in [3.8, 4) is 0 Å². The van der Waals surface area contributed by atoms with Crippen LogP contribution >= 0.6 is 11.3 Å². The van der Waals surface area contributed by atoms with Crippen molar-refractivity contribution in [1.29, 1.82) is 0 Å². The van der Waals surface area contributed by atoms with Crippen molar-refractivity contribution in [3.63, 3.8) is 0 Å². The summed E-state index contributed by atoms with van der Waals surface area (Å²) in [5.41, 5.74) is 1.44. The molecular formula is C12H19NS. The van der Waals surface area contributed by atoms with Gasteiger partial charge in [0.05, 0.1) is 0 Å². The monoisotopic (exact) mass is 209 g/mol. The molecule has 0 aromatic carbocycles. The lowest BCUT2D eigenvalue weighted by atomic mass is 10.1. The fourth-order valence-corrected chi connectivity index (χ4v) is 2.81. The summed E-state index contributed by atoms with van der Waals surface area (Å²) in [6, 6.07) is 2.99. The maximum Gasteiger partial charge on any atom is 0.0216 e. The zero-order chi connectivity index (χ0) is 9.64. The van der Waals surface area contributed by atoms with Gasteiger partial charge in [-0.05, 0) is 35.2 Å². The molecule has 0 saturated heterocycles. The summed E-state index contributed by atoms with van der Waals surface area (Å²) in [6.45, 7) is 1.06. The Morgan fingerprint density at radius 2 is 2.00 bits per heavy atom. The van der Waals surface area contributed by atoms with E-state index in [1.165, 1.54) is 44.1 Å². The minimum Gasteiger partial charge on any atom is -0.310 e. The fraction of sp³-hybridized carbons (Fsp3) is 0.667. The van der Waals surface area contributed by atoms with Crippen LogP contribution in [0.4, 0.5) is 0 Å². The van der Waals surface area contributed by atoms with Gasteiger partial charge in [-0.25, -0.2) is 0 Å². The predicted octanol–water partition coefficient (Wildman–Crippen LogP) is 3.56. The molecule has 0 spiro atoms. The van der Waals surface area contributed by atoms with E-state index in [1.54, 1.807) is 11.3 Å². The molecule has 78 valence electrons. The molecule has 1 aliphatic rings. The van der Waals surface area contributed by atoms with Crippen molar-refractivity contribution in [2.45, 2.75) is 51.1 Å². The molecule has 2 heteroatoms. The first kappa shape index (κ1) is 10.2. The number of hydrogen-bond donors (Lipinski definition) is 1. The Labute approximate surface area is 90.5 Å². The van der Waals surface area contributed by atoms with Gasteiger partial charge in [-0.2, -0.15) is 11.3 Å². The first-order valence-electron chi connectivity index (χ1n) is 5.69. The molecule has 1 fully saturated rings. The van der Waals surface area contributed by atoms with Crippen LogP contribution in [-0.2, 0) is 6.54 Å². The lowest BCUT2D eigenvalue weighted by Crippen LogP contribution is -2.27. The van der Waals surface area contributed by atoms with Gasteiger partial charge < -0.3 is 5.32 Å². The van der Waals surface area contributed by atoms with Gasteiger partial charge in [-0.1, -0.05) is 25.7 Å². The SMILES string of the molecule is c1cc(CNC2CCCCCC2)cs1. The summed E-state index contributed by atoms with van der Waals surface area (Å²) in [6.07, 6.45) is 8.48. The molecule has 1 heterocycles.